The molecule has 3 aromatic carbocycles. The zero-order valence-corrected chi connectivity index (χ0v) is 17.1. The third kappa shape index (κ3) is 4.20. The van der Waals surface area contributed by atoms with Crippen LogP contribution in [0.15, 0.2) is 72.8 Å². The molecule has 1 aliphatic heterocycles. The van der Waals surface area contributed by atoms with Crippen molar-refractivity contribution in [2.45, 2.75) is 19.5 Å². The highest BCUT2D eigenvalue weighted by Gasteiger charge is 2.23. The number of fused-ring (bicyclic) bond motifs is 3. The van der Waals surface area contributed by atoms with Crippen LogP contribution >= 0.6 is 0 Å². The number of amides is 1. The van der Waals surface area contributed by atoms with Gasteiger partial charge in [-0.1, -0.05) is 30.3 Å². The largest absolute Gasteiger partial charge is 0.327 e. The summed E-state index contributed by atoms with van der Waals surface area (Å²) in [6.07, 6.45) is 1.07. The van der Waals surface area contributed by atoms with Crippen molar-refractivity contribution in [2.24, 2.45) is 0 Å². The van der Waals surface area contributed by atoms with Crippen LogP contribution in [0.4, 0.5) is 10.1 Å². The summed E-state index contributed by atoms with van der Waals surface area (Å²) >= 11 is 0. The third-order valence-electron chi connectivity index (χ3n) is 5.90. The molecule has 0 bridgehead atoms. The Morgan fingerprint density at radius 3 is 2.68 bits per heavy atom. The molecule has 1 amide bonds. The molecule has 5 nitrogen and oxygen atoms in total. The number of carbonyl (C=O) groups is 1. The Morgan fingerprint density at radius 1 is 1.06 bits per heavy atom. The first-order valence-corrected chi connectivity index (χ1v) is 10.6. The van der Waals surface area contributed by atoms with Crippen LogP contribution in [-0.4, -0.2) is 28.5 Å². The van der Waals surface area contributed by atoms with Crippen LogP contribution in [0.5, 0.6) is 0 Å². The molecule has 4 aromatic rings. The van der Waals surface area contributed by atoms with E-state index in [2.05, 4.69) is 40.2 Å². The van der Waals surface area contributed by atoms with E-state index in [0.717, 1.165) is 49.5 Å². The highest BCUT2D eigenvalue weighted by atomic mass is 19.1. The molecule has 1 aromatic heterocycles. The molecule has 0 spiro atoms. The van der Waals surface area contributed by atoms with Crippen LogP contribution in [0.3, 0.4) is 0 Å². The molecule has 0 saturated heterocycles. The molecule has 6 heteroatoms. The van der Waals surface area contributed by atoms with Gasteiger partial charge in [-0.2, -0.15) is 0 Å². The van der Waals surface area contributed by atoms with E-state index >= 15 is 0 Å². The first-order chi connectivity index (χ1) is 15.2. The molecule has 1 unspecified atom stereocenters. The van der Waals surface area contributed by atoms with Crippen LogP contribution in [0.1, 0.15) is 21.7 Å². The van der Waals surface area contributed by atoms with Crippen molar-refractivity contribution in [3.8, 4) is 0 Å². The van der Waals surface area contributed by atoms with Crippen LogP contribution in [0.2, 0.25) is 0 Å². The number of nitrogens with zero attached hydrogens (tertiary/aromatic N) is 2. The lowest BCUT2D eigenvalue weighted by Crippen LogP contribution is -3.12. The molecule has 0 aliphatic carbocycles. The smallest absolute Gasteiger partial charge is 0.255 e. The molecule has 2 heterocycles. The van der Waals surface area contributed by atoms with E-state index in [0.29, 0.717) is 11.3 Å². The summed E-state index contributed by atoms with van der Waals surface area (Å²) in [6.45, 7) is 4.01. The average molecular weight is 415 g/mol. The Hall–Kier alpha value is -3.51. The highest BCUT2D eigenvalue weighted by molar-refractivity contribution is 6.04. The number of carbonyl (C=O) groups excluding carboxylic acids is 1. The topological polar surface area (TPSA) is 51.4 Å². The predicted molar refractivity (Wildman–Crippen MR) is 119 cm³/mol. The number of aromatic nitrogens is 2. The van der Waals surface area contributed by atoms with Gasteiger partial charge in [0.05, 0.1) is 30.7 Å². The van der Waals surface area contributed by atoms with Crippen molar-refractivity contribution >= 4 is 22.6 Å². The molecule has 31 heavy (non-hydrogen) atoms. The van der Waals surface area contributed by atoms with Crippen molar-refractivity contribution in [2.75, 3.05) is 18.4 Å². The summed E-state index contributed by atoms with van der Waals surface area (Å²) in [5, 5.41) is 2.88. The lowest BCUT2D eigenvalue weighted by molar-refractivity contribution is -0.918. The van der Waals surface area contributed by atoms with Gasteiger partial charge in [0, 0.05) is 17.7 Å². The minimum Gasteiger partial charge on any atom is -0.327 e. The number of rotatable bonds is 5. The molecule has 0 fully saturated rings. The number of anilines is 1. The molecule has 0 radical (unpaired) electrons. The Kier molecular flexibility index (Phi) is 5.22. The maximum atomic E-state index is 13.1. The Balaban J connectivity index is 1.29. The van der Waals surface area contributed by atoms with Gasteiger partial charge in [-0.3, -0.25) is 4.79 Å². The molecule has 2 N–H and O–H groups in total. The number of benzene rings is 3. The van der Waals surface area contributed by atoms with Crippen LogP contribution in [0, 0.1) is 5.82 Å². The zero-order chi connectivity index (χ0) is 21.2. The average Bonchev–Trinajstić information content (AvgIpc) is 3.15. The van der Waals surface area contributed by atoms with Gasteiger partial charge in [0.2, 0.25) is 0 Å². The first-order valence-electron chi connectivity index (χ1n) is 10.6. The van der Waals surface area contributed by atoms with Gasteiger partial charge in [0.25, 0.3) is 5.91 Å². The van der Waals surface area contributed by atoms with E-state index in [1.165, 1.54) is 34.7 Å². The fraction of sp³-hybridized carbons (Fsp3) is 0.200. The van der Waals surface area contributed by atoms with E-state index in [4.69, 9.17) is 4.98 Å². The van der Waals surface area contributed by atoms with Gasteiger partial charge in [-0.25, -0.2) is 9.37 Å². The van der Waals surface area contributed by atoms with Crippen LogP contribution in [0.25, 0.3) is 11.0 Å². The second kappa shape index (κ2) is 8.32. The summed E-state index contributed by atoms with van der Waals surface area (Å²) in [6, 6.07) is 21.9. The van der Waals surface area contributed by atoms with Gasteiger partial charge in [-0.15, -0.1) is 0 Å². The van der Waals surface area contributed by atoms with Crippen LogP contribution < -0.4 is 10.2 Å². The fourth-order valence-corrected chi connectivity index (χ4v) is 4.21. The first kappa shape index (κ1) is 19.5. The summed E-state index contributed by atoms with van der Waals surface area (Å²) in [5.74, 6) is 0.465. The Morgan fingerprint density at radius 2 is 1.87 bits per heavy atom. The lowest BCUT2D eigenvalue weighted by atomic mass is 10.1. The molecule has 0 saturated carbocycles. The lowest BCUT2D eigenvalue weighted by Gasteiger charge is -2.25. The van der Waals surface area contributed by atoms with Crippen LogP contribution in [-0.2, 0) is 19.5 Å². The minimum absolute atomic E-state index is 0.264. The molecule has 1 aliphatic rings. The van der Waals surface area contributed by atoms with E-state index in [9.17, 15) is 9.18 Å². The summed E-state index contributed by atoms with van der Waals surface area (Å²) in [7, 11) is 0. The van der Waals surface area contributed by atoms with Gasteiger partial charge in [-0.05, 0) is 48.0 Å². The number of nitrogens with one attached hydrogen (secondary N) is 2. The minimum atomic E-state index is -0.360. The maximum absolute atomic E-state index is 13.1. The standard InChI is InChI=1S/C25H23FN4O/c26-20-8-6-19(7-9-20)25(31)27-21-10-11-23-22(16-21)28-24-17-29(14-15-30(23)24)13-12-18-4-2-1-3-5-18/h1-11,16H,12-15,17H2,(H,27,31)/p+1. The fourth-order valence-electron chi connectivity index (χ4n) is 4.21. The molecular weight excluding hydrogens is 391 g/mol. The van der Waals surface area contributed by atoms with Gasteiger partial charge in [0.15, 0.2) is 5.82 Å². The van der Waals surface area contributed by atoms with E-state index in [1.807, 2.05) is 18.2 Å². The number of hydrogen-bond acceptors (Lipinski definition) is 2. The van der Waals surface area contributed by atoms with Gasteiger partial charge >= 0.3 is 0 Å². The van der Waals surface area contributed by atoms with Crippen molar-refractivity contribution in [3.05, 3.63) is 95.6 Å². The number of imidazole rings is 1. The van der Waals surface area contributed by atoms with Crippen molar-refractivity contribution in [1.82, 2.24) is 9.55 Å². The van der Waals surface area contributed by atoms with Gasteiger partial charge in [0.1, 0.15) is 12.4 Å². The third-order valence-corrected chi connectivity index (χ3v) is 5.90. The molecule has 156 valence electrons. The van der Waals surface area contributed by atoms with Gasteiger partial charge < -0.3 is 14.8 Å². The molecule has 1 atom stereocenters. The summed E-state index contributed by atoms with van der Waals surface area (Å²) in [5.41, 5.74) is 4.46. The SMILES string of the molecule is O=C(Nc1ccc2c(c1)nc1n2CC[NH+](CCc2ccccc2)C1)c1ccc(F)cc1. The van der Waals surface area contributed by atoms with E-state index in [-0.39, 0.29) is 11.7 Å². The second-order valence-corrected chi connectivity index (χ2v) is 8.01. The zero-order valence-electron chi connectivity index (χ0n) is 17.1. The molecule has 5 rings (SSSR count). The highest BCUT2D eigenvalue weighted by Crippen LogP contribution is 2.22. The predicted octanol–water partition coefficient (Wildman–Crippen LogP) is 3.07. The quantitative estimate of drug-likeness (QED) is 0.526. The van der Waals surface area contributed by atoms with E-state index < -0.39 is 0 Å². The monoisotopic (exact) mass is 415 g/mol. The summed E-state index contributed by atoms with van der Waals surface area (Å²) < 4.78 is 15.4. The van der Waals surface area contributed by atoms with Crippen molar-refractivity contribution in [3.63, 3.8) is 0 Å². The summed E-state index contributed by atoms with van der Waals surface area (Å²) in [4.78, 5) is 18.8. The molecular formula is C25H24FN4O+. The van der Waals surface area contributed by atoms with E-state index in [1.54, 1.807) is 0 Å². The number of halogens is 1. The Labute approximate surface area is 180 Å². The second-order valence-electron chi connectivity index (χ2n) is 8.01. The number of hydrogen-bond donors (Lipinski definition) is 2. The van der Waals surface area contributed by atoms with Crippen molar-refractivity contribution < 1.29 is 14.1 Å². The normalized spacial score (nSPS) is 15.6. The van der Waals surface area contributed by atoms with Crippen molar-refractivity contribution in [1.29, 1.82) is 0 Å². The maximum Gasteiger partial charge on any atom is 0.255 e. The number of quaternary nitrogens is 1. The Bertz CT molecular complexity index is 1220.